The molecule has 0 saturated heterocycles. The van der Waals surface area contributed by atoms with E-state index in [0.717, 1.165) is 11.1 Å². The molecule has 1 heterocycles. The zero-order valence-electron chi connectivity index (χ0n) is 16.4. The quantitative estimate of drug-likeness (QED) is 0.701. The van der Waals surface area contributed by atoms with E-state index < -0.39 is 11.2 Å². The van der Waals surface area contributed by atoms with Gasteiger partial charge in [-0.15, -0.1) is 0 Å². The molecule has 5 heteroatoms. The van der Waals surface area contributed by atoms with E-state index in [2.05, 4.69) is 37.6 Å². The van der Waals surface area contributed by atoms with Gasteiger partial charge < -0.3 is 4.74 Å². The summed E-state index contributed by atoms with van der Waals surface area (Å²) in [6.07, 6.45) is 1.46. The van der Waals surface area contributed by atoms with Crippen molar-refractivity contribution in [2.75, 3.05) is 7.11 Å². The Morgan fingerprint density at radius 3 is 2.32 bits per heavy atom. The lowest BCUT2D eigenvalue weighted by atomic mass is 9.84. The molecule has 28 heavy (non-hydrogen) atoms. The molecule has 0 aliphatic carbocycles. The van der Waals surface area contributed by atoms with Crippen molar-refractivity contribution >= 4 is 0 Å². The van der Waals surface area contributed by atoms with Crippen molar-refractivity contribution in [3.63, 3.8) is 0 Å². The first-order valence-electron chi connectivity index (χ1n) is 8.91. The lowest BCUT2D eigenvalue weighted by Gasteiger charge is -2.24. The third-order valence-corrected chi connectivity index (χ3v) is 4.30. The van der Waals surface area contributed by atoms with Gasteiger partial charge in [0.2, 0.25) is 0 Å². The monoisotopic (exact) mass is 374 g/mol. The summed E-state index contributed by atoms with van der Waals surface area (Å²) in [6.45, 7) is 6.20. The summed E-state index contributed by atoms with van der Waals surface area (Å²) >= 11 is 0. The Labute approximate surface area is 163 Å². The molecule has 0 aliphatic heterocycles. The molecule has 1 N–H and O–H groups in total. The van der Waals surface area contributed by atoms with Gasteiger partial charge >= 0.3 is 5.69 Å². The van der Waals surface area contributed by atoms with E-state index in [9.17, 15) is 9.59 Å². The molecule has 142 valence electrons. The Balaban J connectivity index is 2.27. The molecule has 3 rings (SSSR count). The van der Waals surface area contributed by atoms with Crippen LogP contribution in [0.3, 0.4) is 0 Å². The zero-order valence-corrected chi connectivity index (χ0v) is 16.4. The third kappa shape index (κ3) is 4.07. The topological polar surface area (TPSA) is 64.1 Å². The Hall–Kier alpha value is -3.52. The number of hydrogen-bond acceptors (Lipinski definition) is 3. The Morgan fingerprint density at radius 1 is 1.00 bits per heavy atom. The highest BCUT2D eigenvalue weighted by molar-refractivity contribution is 5.60. The molecule has 0 spiro atoms. The van der Waals surface area contributed by atoms with Crippen LogP contribution in [-0.2, 0) is 5.41 Å². The second-order valence-corrected chi connectivity index (χ2v) is 7.42. The van der Waals surface area contributed by atoms with Crippen molar-refractivity contribution in [2.24, 2.45) is 0 Å². The van der Waals surface area contributed by atoms with Gasteiger partial charge in [0.05, 0.1) is 18.4 Å². The molecule has 0 atom stereocenters. The van der Waals surface area contributed by atoms with E-state index in [1.54, 1.807) is 13.2 Å². The maximum Gasteiger partial charge on any atom is 0.332 e. The van der Waals surface area contributed by atoms with Crippen molar-refractivity contribution in [3.8, 4) is 23.3 Å². The van der Waals surface area contributed by atoms with Crippen LogP contribution in [0.4, 0.5) is 0 Å². The fourth-order valence-corrected chi connectivity index (χ4v) is 2.90. The van der Waals surface area contributed by atoms with Crippen molar-refractivity contribution in [3.05, 3.63) is 92.3 Å². The lowest BCUT2D eigenvalue weighted by Crippen LogP contribution is -2.28. The molecule has 0 amide bonds. The number of nitrogens with one attached hydrogen (secondary N) is 1. The summed E-state index contributed by atoms with van der Waals surface area (Å²) in [4.78, 5) is 26.0. The highest BCUT2D eigenvalue weighted by atomic mass is 16.5. The van der Waals surface area contributed by atoms with Crippen molar-refractivity contribution in [1.29, 1.82) is 0 Å². The molecular formula is C23H22N2O3. The molecule has 0 fully saturated rings. The van der Waals surface area contributed by atoms with Gasteiger partial charge in [0.25, 0.3) is 5.56 Å². The second kappa shape index (κ2) is 7.61. The van der Waals surface area contributed by atoms with Crippen LogP contribution in [0.5, 0.6) is 5.75 Å². The fourth-order valence-electron chi connectivity index (χ4n) is 2.90. The van der Waals surface area contributed by atoms with Gasteiger partial charge in [-0.25, -0.2) is 4.79 Å². The lowest BCUT2D eigenvalue weighted by molar-refractivity contribution is 0.396. The van der Waals surface area contributed by atoms with E-state index in [1.807, 2.05) is 36.4 Å². The van der Waals surface area contributed by atoms with Crippen LogP contribution in [0, 0.1) is 11.8 Å². The molecule has 0 unspecified atom stereocenters. The Kier molecular flexibility index (Phi) is 5.23. The van der Waals surface area contributed by atoms with Crippen LogP contribution in [0.2, 0.25) is 0 Å². The predicted molar refractivity (Wildman–Crippen MR) is 110 cm³/mol. The molecule has 1 aromatic heterocycles. The third-order valence-electron chi connectivity index (χ3n) is 4.30. The van der Waals surface area contributed by atoms with Gasteiger partial charge in [0, 0.05) is 23.4 Å². The molecule has 3 aromatic rings. The van der Waals surface area contributed by atoms with E-state index >= 15 is 0 Å². The normalized spacial score (nSPS) is 10.9. The minimum Gasteiger partial charge on any atom is -0.495 e. The average molecular weight is 374 g/mol. The smallest absolute Gasteiger partial charge is 0.332 e. The van der Waals surface area contributed by atoms with Crippen LogP contribution in [0.1, 0.15) is 37.5 Å². The van der Waals surface area contributed by atoms with Gasteiger partial charge in [-0.2, -0.15) is 0 Å². The summed E-state index contributed by atoms with van der Waals surface area (Å²) in [7, 11) is 1.62. The van der Waals surface area contributed by atoms with Crippen molar-refractivity contribution in [2.45, 2.75) is 26.2 Å². The predicted octanol–water partition coefficient (Wildman–Crippen LogP) is 3.23. The minimum atomic E-state index is -0.500. The van der Waals surface area contributed by atoms with Crippen LogP contribution >= 0.6 is 0 Å². The number of nitrogens with zero attached hydrogens (tertiary/aromatic N) is 1. The first-order valence-corrected chi connectivity index (χ1v) is 8.91. The molecule has 0 radical (unpaired) electrons. The van der Waals surface area contributed by atoms with Crippen molar-refractivity contribution in [1.82, 2.24) is 9.55 Å². The van der Waals surface area contributed by atoms with Crippen LogP contribution in [-0.4, -0.2) is 16.7 Å². The van der Waals surface area contributed by atoms with Gasteiger partial charge in [-0.1, -0.05) is 50.8 Å². The second-order valence-electron chi connectivity index (χ2n) is 7.42. The standard InChI is InChI=1S/C23H22N2O3/c1-23(2,3)19-15-18(25-13-12-20(26)24-22(25)27)14-17(21(19)28-4)11-10-16-8-6-5-7-9-16/h5-9,12-15H,1-4H3,(H,24,26,27). The maximum absolute atomic E-state index is 12.3. The van der Waals surface area contributed by atoms with E-state index in [1.165, 1.54) is 16.8 Å². The molecule has 0 bridgehead atoms. The molecule has 0 saturated carbocycles. The fraction of sp³-hybridized carbons (Fsp3) is 0.217. The molecule has 5 nitrogen and oxygen atoms in total. The van der Waals surface area contributed by atoms with Gasteiger partial charge in [0.1, 0.15) is 5.75 Å². The minimum absolute atomic E-state index is 0.240. The van der Waals surface area contributed by atoms with E-state index in [0.29, 0.717) is 17.0 Å². The first-order chi connectivity index (χ1) is 13.3. The zero-order chi connectivity index (χ0) is 20.3. The van der Waals surface area contributed by atoms with Gasteiger partial charge in [-0.3, -0.25) is 14.3 Å². The summed E-state index contributed by atoms with van der Waals surface area (Å²) in [6, 6.07) is 14.7. The molecular weight excluding hydrogens is 352 g/mol. The summed E-state index contributed by atoms with van der Waals surface area (Å²) in [5.74, 6) is 6.99. The Morgan fingerprint density at radius 2 is 1.71 bits per heavy atom. The molecule has 2 aromatic carbocycles. The highest BCUT2D eigenvalue weighted by Gasteiger charge is 2.22. The Bertz CT molecular complexity index is 1170. The number of aromatic amines is 1. The van der Waals surface area contributed by atoms with Crippen LogP contribution < -0.4 is 16.0 Å². The molecule has 0 aliphatic rings. The van der Waals surface area contributed by atoms with Crippen LogP contribution in [0.15, 0.2) is 64.3 Å². The van der Waals surface area contributed by atoms with Crippen LogP contribution in [0.25, 0.3) is 5.69 Å². The van der Waals surface area contributed by atoms with E-state index in [4.69, 9.17) is 4.74 Å². The van der Waals surface area contributed by atoms with E-state index in [-0.39, 0.29) is 5.41 Å². The number of ether oxygens (including phenoxy) is 1. The maximum atomic E-state index is 12.3. The summed E-state index contributed by atoms with van der Waals surface area (Å²) in [5, 5.41) is 0. The van der Waals surface area contributed by atoms with Gasteiger partial charge in [-0.05, 0) is 29.7 Å². The summed E-state index contributed by atoms with van der Waals surface area (Å²) < 4.78 is 7.08. The summed E-state index contributed by atoms with van der Waals surface area (Å²) in [5.41, 5.74) is 1.91. The number of benzene rings is 2. The number of rotatable bonds is 2. The first kappa shape index (κ1) is 19.2. The number of H-pyrrole nitrogens is 1. The number of aromatic nitrogens is 2. The number of hydrogen-bond donors (Lipinski definition) is 1. The van der Waals surface area contributed by atoms with Gasteiger partial charge in [0.15, 0.2) is 0 Å². The SMILES string of the molecule is COc1c(C#Cc2ccccc2)cc(-n2ccc(=O)[nH]c2=O)cc1C(C)(C)C. The average Bonchev–Trinajstić information content (AvgIpc) is 2.65. The highest BCUT2D eigenvalue weighted by Crippen LogP contribution is 2.35. The van der Waals surface area contributed by atoms with Crippen molar-refractivity contribution < 1.29 is 4.74 Å². The number of methoxy groups -OCH3 is 1. The largest absolute Gasteiger partial charge is 0.495 e.